The molecular weight excluding hydrogens is 280 g/mol. The summed E-state index contributed by atoms with van der Waals surface area (Å²) in [6.07, 6.45) is 4.72. The van der Waals surface area contributed by atoms with Gasteiger partial charge >= 0.3 is 0 Å². The Balaban J connectivity index is 2.10. The van der Waals surface area contributed by atoms with E-state index in [1.807, 2.05) is 0 Å². The molecule has 0 radical (unpaired) electrons. The van der Waals surface area contributed by atoms with E-state index in [2.05, 4.69) is 11.4 Å². The molecule has 1 saturated carbocycles. The largest absolute Gasteiger partial charge is 0.497 e. The van der Waals surface area contributed by atoms with E-state index in [0.717, 1.165) is 37.7 Å². The van der Waals surface area contributed by atoms with E-state index in [1.165, 1.54) is 0 Å². The number of amides is 1. The van der Waals surface area contributed by atoms with Gasteiger partial charge in [-0.25, -0.2) is 0 Å². The second kappa shape index (κ2) is 7.17. The lowest BCUT2D eigenvalue weighted by Crippen LogP contribution is -2.49. The molecule has 118 valence electrons. The van der Waals surface area contributed by atoms with Crippen molar-refractivity contribution in [3.8, 4) is 17.6 Å². The van der Waals surface area contributed by atoms with Crippen molar-refractivity contribution in [3.63, 3.8) is 0 Å². The first-order valence-corrected chi connectivity index (χ1v) is 7.55. The van der Waals surface area contributed by atoms with Gasteiger partial charge in [0.15, 0.2) is 0 Å². The van der Waals surface area contributed by atoms with E-state index in [4.69, 9.17) is 9.47 Å². The van der Waals surface area contributed by atoms with Gasteiger partial charge in [-0.1, -0.05) is 19.3 Å². The van der Waals surface area contributed by atoms with Crippen molar-refractivity contribution in [2.45, 2.75) is 44.1 Å². The first kappa shape index (κ1) is 16.2. The highest BCUT2D eigenvalue weighted by Crippen LogP contribution is 2.28. The molecule has 1 N–H and O–H groups in total. The SMILES string of the molecule is COc1ccc(OC)c(CC(=O)NC2(C#N)CCCCC2)c1. The standard InChI is InChI=1S/C17H22N2O3/c1-21-14-6-7-15(22-2)13(10-14)11-16(20)19-17(12-18)8-4-3-5-9-17/h6-7,10H,3-5,8-9,11H2,1-2H3,(H,19,20). The molecule has 2 rings (SSSR count). The van der Waals surface area contributed by atoms with Crippen molar-refractivity contribution in [2.75, 3.05) is 14.2 Å². The van der Waals surface area contributed by atoms with Gasteiger partial charge < -0.3 is 14.8 Å². The number of benzene rings is 1. The normalized spacial score (nSPS) is 16.4. The summed E-state index contributed by atoms with van der Waals surface area (Å²) < 4.78 is 10.5. The number of nitriles is 1. The van der Waals surface area contributed by atoms with Crippen LogP contribution in [-0.2, 0) is 11.2 Å². The Morgan fingerprint density at radius 1 is 1.27 bits per heavy atom. The predicted octanol–water partition coefficient (Wildman–Crippen LogP) is 2.59. The summed E-state index contributed by atoms with van der Waals surface area (Å²) in [5.74, 6) is 1.16. The summed E-state index contributed by atoms with van der Waals surface area (Å²) in [6.45, 7) is 0. The van der Waals surface area contributed by atoms with Crippen LogP contribution < -0.4 is 14.8 Å². The molecule has 0 saturated heterocycles. The van der Waals surface area contributed by atoms with Crippen molar-refractivity contribution in [3.05, 3.63) is 23.8 Å². The summed E-state index contributed by atoms with van der Waals surface area (Å²) in [7, 11) is 3.15. The van der Waals surface area contributed by atoms with Crippen molar-refractivity contribution in [1.82, 2.24) is 5.32 Å². The third kappa shape index (κ3) is 3.70. The predicted molar refractivity (Wildman–Crippen MR) is 82.8 cm³/mol. The topological polar surface area (TPSA) is 71.3 Å². The number of methoxy groups -OCH3 is 2. The monoisotopic (exact) mass is 302 g/mol. The maximum absolute atomic E-state index is 12.4. The third-order valence-electron chi connectivity index (χ3n) is 4.14. The molecule has 0 heterocycles. The molecule has 1 aromatic rings. The Hall–Kier alpha value is -2.22. The van der Waals surface area contributed by atoms with Gasteiger partial charge in [-0.3, -0.25) is 4.79 Å². The molecule has 5 nitrogen and oxygen atoms in total. The quantitative estimate of drug-likeness (QED) is 0.907. The number of carbonyl (C=O) groups excluding carboxylic acids is 1. The van der Waals surface area contributed by atoms with Crippen LogP contribution in [0.5, 0.6) is 11.5 Å². The number of ether oxygens (including phenoxy) is 2. The van der Waals surface area contributed by atoms with Crippen LogP contribution in [0.15, 0.2) is 18.2 Å². The summed E-state index contributed by atoms with van der Waals surface area (Å²) >= 11 is 0. The summed E-state index contributed by atoms with van der Waals surface area (Å²) in [4.78, 5) is 12.4. The zero-order chi connectivity index (χ0) is 16.0. The molecular formula is C17H22N2O3. The number of hydrogen-bond acceptors (Lipinski definition) is 4. The molecule has 0 aromatic heterocycles. The van der Waals surface area contributed by atoms with Crippen LogP contribution in [0.2, 0.25) is 0 Å². The van der Waals surface area contributed by atoms with E-state index in [1.54, 1.807) is 32.4 Å². The smallest absolute Gasteiger partial charge is 0.225 e. The van der Waals surface area contributed by atoms with Crippen LogP contribution in [0, 0.1) is 11.3 Å². The van der Waals surface area contributed by atoms with Gasteiger partial charge in [0.2, 0.25) is 5.91 Å². The molecule has 0 atom stereocenters. The third-order valence-corrected chi connectivity index (χ3v) is 4.14. The first-order valence-electron chi connectivity index (χ1n) is 7.55. The summed E-state index contributed by atoms with van der Waals surface area (Å²) in [6, 6.07) is 7.66. The highest BCUT2D eigenvalue weighted by Gasteiger charge is 2.33. The molecule has 1 aromatic carbocycles. The van der Waals surface area contributed by atoms with E-state index in [-0.39, 0.29) is 12.3 Å². The van der Waals surface area contributed by atoms with Crippen molar-refractivity contribution in [1.29, 1.82) is 5.26 Å². The van der Waals surface area contributed by atoms with Gasteiger partial charge in [-0.2, -0.15) is 5.26 Å². The van der Waals surface area contributed by atoms with Gasteiger partial charge in [0, 0.05) is 5.56 Å². The van der Waals surface area contributed by atoms with Gasteiger partial charge in [0.05, 0.1) is 26.7 Å². The average molecular weight is 302 g/mol. The van der Waals surface area contributed by atoms with E-state index < -0.39 is 5.54 Å². The van der Waals surface area contributed by atoms with E-state index in [0.29, 0.717) is 11.5 Å². The van der Waals surface area contributed by atoms with Crippen molar-refractivity contribution in [2.24, 2.45) is 0 Å². The minimum absolute atomic E-state index is 0.157. The van der Waals surface area contributed by atoms with Crippen LogP contribution in [0.25, 0.3) is 0 Å². The van der Waals surface area contributed by atoms with Crippen LogP contribution in [0.1, 0.15) is 37.7 Å². The minimum Gasteiger partial charge on any atom is -0.497 e. The molecule has 0 unspecified atom stereocenters. The lowest BCUT2D eigenvalue weighted by atomic mass is 9.82. The van der Waals surface area contributed by atoms with E-state index in [9.17, 15) is 10.1 Å². The lowest BCUT2D eigenvalue weighted by Gasteiger charge is -2.31. The molecule has 0 spiro atoms. The van der Waals surface area contributed by atoms with Gasteiger partial charge in [-0.15, -0.1) is 0 Å². The number of rotatable bonds is 5. The van der Waals surface area contributed by atoms with Gasteiger partial charge in [0.1, 0.15) is 17.0 Å². The van der Waals surface area contributed by atoms with Crippen LogP contribution in [0.4, 0.5) is 0 Å². The van der Waals surface area contributed by atoms with Gasteiger partial charge in [-0.05, 0) is 31.0 Å². The molecule has 1 amide bonds. The molecule has 1 aliphatic carbocycles. The molecule has 22 heavy (non-hydrogen) atoms. The van der Waals surface area contributed by atoms with Crippen molar-refractivity contribution >= 4 is 5.91 Å². The fourth-order valence-electron chi connectivity index (χ4n) is 2.92. The average Bonchev–Trinajstić information content (AvgIpc) is 2.55. The Labute approximate surface area is 131 Å². The van der Waals surface area contributed by atoms with Crippen molar-refractivity contribution < 1.29 is 14.3 Å². The molecule has 5 heteroatoms. The number of hydrogen-bond donors (Lipinski definition) is 1. The maximum Gasteiger partial charge on any atom is 0.225 e. The molecule has 0 aliphatic heterocycles. The second-order valence-corrected chi connectivity index (χ2v) is 5.66. The maximum atomic E-state index is 12.4. The highest BCUT2D eigenvalue weighted by atomic mass is 16.5. The second-order valence-electron chi connectivity index (χ2n) is 5.66. The Morgan fingerprint density at radius 3 is 2.59 bits per heavy atom. The fraction of sp³-hybridized carbons (Fsp3) is 0.529. The summed E-state index contributed by atoms with van der Waals surface area (Å²) in [5.41, 5.74) is 0.0461. The Morgan fingerprint density at radius 2 is 2.00 bits per heavy atom. The van der Waals surface area contributed by atoms with Crippen LogP contribution in [-0.4, -0.2) is 25.7 Å². The first-order chi connectivity index (χ1) is 10.6. The Bertz CT molecular complexity index is 572. The number of nitrogens with one attached hydrogen (secondary N) is 1. The molecule has 1 aliphatic rings. The van der Waals surface area contributed by atoms with Gasteiger partial charge in [0.25, 0.3) is 0 Å². The lowest BCUT2D eigenvalue weighted by molar-refractivity contribution is -0.122. The zero-order valence-electron chi connectivity index (χ0n) is 13.1. The number of carbonyl (C=O) groups is 1. The zero-order valence-corrected chi connectivity index (χ0v) is 13.1. The molecule has 1 fully saturated rings. The number of nitrogens with zero attached hydrogens (tertiary/aromatic N) is 1. The minimum atomic E-state index is -0.707. The van der Waals surface area contributed by atoms with Crippen LogP contribution >= 0.6 is 0 Å². The van der Waals surface area contributed by atoms with E-state index >= 15 is 0 Å². The van der Waals surface area contributed by atoms with Crippen LogP contribution in [0.3, 0.4) is 0 Å². The molecule has 0 bridgehead atoms. The Kier molecular flexibility index (Phi) is 5.26. The highest BCUT2D eigenvalue weighted by molar-refractivity contribution is 5.80. The fourth-order valence-corrected chi connectivity index (χ4v) is 2.92. The summed E-state index contributed by atoms with van der Waals surface area (Å²) in [5, 5.41) is 12.4.